The summed E-state index contributed by atoms with van der Waals surface area (Å²) in [6.45, 7) is 15.8. The highest BCUT2D eigenvalue weighted by Crippen LogP contribution is 2.21. The van der Waals surface area contributed by atoms with Gasteiger partial charge < -0.3 is 15.2 Å². The van der Waals surface area contributed by atoms with Gasteiger partial charge in [-0.1, -0.05) is 33.8 Å². The summed E-state index contributed by atoms with van der Waals surface area (Å²) in [7, 11) is 1.86. The maximum absolute atomic E-state index is 13.2. The van der Waals surface area contributed by atoms with Gasteiger partial charge in [0, 0.05) is 44.0 Å². The summed E-state index contributed by atoms with van der Waals surface area (Å²) in [4.78, 5) is 19.8. The van der Waals surface area contributed by atoms with E-state index < -0.39 is 11.6 Å². The number of hydrogen-bond donors (Lipinski definition) is 4. The van der Waals surface area contributed by atoms with Crippen LogP contribution in [0.5, 0.6) is 0 Å². The lowest BCUT2D eigenvalue weighted by Crippen LogP contribution is -2.45. The molecule has 1 aliphatic heterocycles. The van der Waals surface area contributed by atoms with Gasteiger partial charge in [0.05, 0.1) is 6.33 Å². The van der Waals surface area contributed by atoms with Crippen molar-refractivity contribution >= 4 is 11.4 Å². The van der Waals surface area contributed by atoms with Crippen molar-refractivity contribution in [2.75, 3.05) is 25.0 Å². The molecule has 0 aliphatic carbocycles. The topological polar surface area (TPSA) is 99.1 Å². The van der Waals surface area contributed by atoms with Gasteiger partial charge in [0.2, 0.25) is 0 Å². The van der Waals surface area contributed by atoms with Gasteiger partial charge in [0.1, 0.15) is 17.5 Å². The van der Waals surface area contributed by atoms with Gasteiger partial charge in [-0.2, -0.15) is 0 Å². The van der Waals surface area contributed by atoms with E-state index >= 15 is 0 Å². The van der Waals surface area contributed by atoms with E-state index in [1.165, 1.54) is 24.5 Å². The zero-order valence-corrected chi connectivity index (χ0v) is 22.9. The van der Waals surface area contributed by atoms with Crippen molar-refractivity contribution in [3.63, 3.8) is 0 Å². The summed E-state index contributed by atoms with van der Waals surface area (Å²) in [6, 6.07) is 5.51. The molecule has 1 fully saturated rings. The van der Waals surface area contributed by atoms with Crippen LogP contribution >= 0.6 is 0 Å². The van der Waals surface area contributed by atoms with Crippen molar-refractivity contribution in [2.45, 2.75) is 59.4 Å². The third kappa shape index (κ3) is 12.5. The number of anilines is 1. The SMILES string of the molecule is C=C.CC.CC/C(=C\C=C(/CC)c1cc(F)cc(F)c1)NC.NNC1CCN(c2cc(=O)[nH]cn2)CC1. The fourth-order valence-electron chi connectivity index (χ4n) is 3.54. The Hall–Kier alpha value is -3.30. The molecule has 1 saturated heterocycles. The van der Waals surface area contributed by atoms with Gasteiger partial charge >= 0.3 is 0 Å². The predicted octanol–water partition coefficient (Wildman–Crippen LogP) is 5.30. The zero-order chi connectivity index (χ0) is 28.2. The highest BCUT2D eigenvalue weighted by molar-refractivity contribution is 5.67. The summed E-state index contributed by atoms with van der Waals surface area (Å²) in [5, 5.41) is 3.07. The first kappa shape index (κ1) is 33.7. The number of aromatic nitrogens is 2. The fraction of sp³-hybridized carbons (Fsp3) is 0.429. The Morgan fingerprint density at radius 2 is 1.70 bits per heavy atom. The van der Waals surface area contributed by atoms with Gasteiger partial charge in [-0.3, -0.25) is 16.1 Å². The number of H-pyrrole nitrogens is 1. The molecule has 7 nitrogen and oxygen atoms in total. The van der Waals surface area contributed by atoms with E-state index in [0.29, 0.717) is 11.6 Å². The van der Waals surface area contributed by atoms with Crippen LogP contribution in [-0.2, 0) is 0 Å². The molecule has 2 heterocycles. The maximum atomic E-state index is 13.2. The number of benzene rings is 1. The highest BCUT2D eigenvalue weighted by atomic mass is 19.1. The molecule has 1 aromatic heterocycles. The summed E-state index contributed by atoms with van der Waals surface area (Å²) in [5.41, 5.74) is 5.25. The van der Waals surface area contributed by atoms with Crippen LogP contribution < -0.4 is 27.0 Å². The number of allylic oxidation sites excluding steroid dienone is 4. The van der Waals surface area contributed by atoms with E-state index in [1.807, 2.05) is 46.9 Å². The van der Waals surface area contributed by atoms with Crippen molar-refractivity contribution in [1.82, 2.24) is 20.7 Å². The van der Waals surface area contributed by atoms with E-state index in [0.717, 1.165) is 61.9 Å². The van der Waals surface area contributed by atoms with Gasteiger partial charge in [-0.15, -0.1) is 13.2 Å². The molecule has 206 valence electrons. The summed E-state index contributed by atoms with van der Waals surface area (Å²) < 4.78 is 26.3. The second kappa shape index (κ2) is 19.8. The van der Waals surface area contributed by atoms with E-state index in [1.54, 1.807) is 0 Å². The molecular formula is C28H44F2N6O. The standard InChI is InChI=1S/C15H19F2N.C9H15N5O.C2H6.C2H4/c1-4-11(6-7-15(5-2)18-3)12-8-13(16)10-14(17)9-12;10-13-7-1-3-14(4-2-7)8-5-9(15)12-6-11-8;2*1-2/h6-10,18H,4-5H2,1-3H3;5-7,13H,1-4,10H2,(H,11,12,15);1-2H3;1-2H2/b11-6+,15-7+;;;. The van der Waals surface area contributed by atoms with Crippen molar-refractivity contribution < 1.29 is 8.78 Å². The minimum Gasteiger partial charge on any atom is -0.391 e. The monoisotopic (exact) mass is 518 g/mol. The number of aromatic amines is 1. The summed E-state index contributed by atoms with van der Waals surface area (Å²) >= 11 is 0. The molecule has 0 amide bonds. The number of rotatable bonds is 7. The first-order valence-corrected chi connectivity index (χ1v) is 12.7. The third-order valence-electron chi connectivity index (χ3n) is 5.52. The molecule has 3 rings (SSSR count). The molecule has 5 N–H and O–H groups in total. The molecular weight excluding hydrogens is 474 g/mol. The molecule has 0 spiro atoms. The molecule has 0 saturated carbocycles. The Bertz CT molecular complexity index is 987. The Labute approximate surface area is 220 Å². The second-order valence-corrected chi connectivity index (χ2v) is 7.70. The fourth-order valence-corrected chi connectivity index (χ4v) is 3.54. The lowest BCUT2D eigenvalue weighted by Gasteiger charge is -2.32. The van der Waals surface area contributed by atoms with Crippen LogP contribution in [0.3, 0.4) is 0 Å². The largest absolute Gasteiger partial charge is 0.391 e. The lowest BCUT2D eigenvalue weighted by atomic mass is 10.0. The number of piperidine rings is 1. The van der Waals surface area contributed by atoms with Crippen molar-refractivity contribution in [1.29, 1.82) is 0 Å². The summed E-state index contributed by atoms with van der Waals surface area (Å²) in [6.07, 6.45) is 8.85. The second-order valence-electron chi connectivity index (χ2n) is 7.70. The van der Waals surface area contributed by atoms with E-state index in [4.69, 9.17) is 5.84 Å². The smallest absolute Gasteiger partial charge is 0.252 e. The number of nitrogens with one attached hydrogen (secondary N) is 3. The van der Waals surface area contributed by atoms with Gasteiger partial charge in [0.15, 0.2) is 0 Å². The average Bonchev–Trinajstić information content (AvgIpc) is 2.93. The van der Waals surface area contributed by atoms with Crippen molar-refractivity contribution in [3.05, 3.63) is 89.2 Å². The van der Waals surface area contributed by atoms with E-state index in [2.05, 4.69) is 38.8 Å². The van der Waals surface area contributed by atoms with Crippen molar-refractivity contribution in [3.8, 4) is 0 Å². The molecule has 0 atom stereocenters. The molecule has 1 aliphatic rings. The van der Waals surface area contributed by atoms with Crippen LogP contribution in [-0.4, -0.2) is 36.1 Å². The van der Waals surface area contributed by atoms with Crippen LogP contribution in [0.2, 0.25) is 0 Å². The third-order valence-corrected chi connectivity index (χ3v) is 5.52. The zero-order valence-electron chi connectivity index (χ0n) is 22.9. The number of nitrogens with two attached hydrogens (primary N) is 1. The van der Waals surface area contributed by atoms with Crippen LogP contribution in [0.4, 0.5) is 14.6 Å². The number of halogens is 2. The molecule has 2 aromatic rings. The highest BCUT2D eigenvalue weighted by Gasteiger charge is 2.18. The molecule has 1 aromatic carbocycles. The lowest BCUT2D eigenvalue weighted by molar-refractivity contribution is 0.422. The maximum Gasteiger partial charge on any atom is 0.252 e. The summed E-state index contributed by atoms with van der Waals surface area (Å²) in [5.74, 6) is 5.03. The number of hydrogen-bond acceptors (Lipinski definition) is 6. The van der Waals surface area contributed by atoms with Crippen LogP contribution in [0.25, 0.3) is 5.57 Å². The molecule has 0 bridgehead atoms. The Kier molecular flexibility index (Phi) is 18.1. The van der Waals surface area contributed by atoms with E-state index in [-0.39, 0.29) is 5.56 Å². The number of hydrazine groups is 1. The van der Waals surface area contributed by atoms with Crippen LogP contribution in [0.1, 0.15) is 58.9 Å². The van der Waals surface area contributed by atoms with Crippen LogP contribution in [0.15, 0.2) is 66.4 Å². The minimum atomic E-state index is -0.544. The molecule has 0 radical (unpaired) electrons. The van der Waals surface area contributed by atoms with Gasteiger partial charge in [0.25, 0.3) is 5.56 Å². The Morgan fingerprint density at radius 3 is 2.16 bits per heavy atom. The quantitative estimate of drug-likeness (QED) is 0.172. The van der Waals surface area contributed by atoms with E-state index in [9.17, 15) is 13.6 Å². The van der Waals surface area contributed by atoms with Gasteiger partial charge in [-0.25, -0.2) is 13.8 Å². The molecule has 9 heteroatoms. The average molecular weight is 519 g/mol. The van der Waals surface area contributed by atoms with Gasteiger partial charge in [-0.05, 0) is 55.0 Å². The first-order valence-electron chi connectivity index (χ1n) is 12.7. The normalized spacial score (nSPS) is 13.8. The van der Waals surface area contributed by atoms with Crippen LogP contribution in [0, 0.1) is 11.6 Å². The predicted molar refractivity (Wildman–Crippen MR) is 152 cm³/mol. The number of nitrogens with zero attached hydrogens (tertiary/aromatic N) is 2. The molecule has 37 heavy (non-hydrogen) atoms. The Balaban J connectivity index is 0.000000623. The molecule has 0 unspecified atom stereocenters. The minimum absolute atomic E-state index is 0.112. The first-order chi connectivity index (χ1) is 17.9. The Morgan fingerprint density at radius 1 is 1.11 bits per heavy atom. The van der Waals surface area contributed by atoms with Crippen molar-refractivity contribution in [2.24, 2.45) is 5.84 Å².